The van der Waals surface area contributed by atoms with E-state index in [4.69, 9.17) is 4.52 Å². The molecule has 0 amide bonds. The van der Waals surface area contributed by atoms with E-state index in [1.807, 2.05) is 20.8 Å². The van der Waals surface area contributed by atoms with Crippen molar-refractivity contribution in [3.63, 3.8) is 0 Å². The van der Waals surface area contributed by atoms with Gasteiger partial charge in [-0.25, -0.2) is 0 Å². The van der Waals surface area contributed by atoms with Crippen LogP contribution in [0, 0.1) is 0 Å². The Morgan fingerprint density at radius 2 is 0.923 bits per heavy atom. The third-order valence-electron chi connectivity index (χ3n) is 5.55. The molecule has 0 saturated carbocycles. The zero-order valence-corrected chi connectivity index (χ0v) is 19.7. The molecule has 0 aliphatic rings. The van der Waals surface area contributed by atoms with Gasteiger partial charge >= 0.3 is 0 Å². The van der Waals surface area contributed by atoms with Gasteiger partial charge in [-0.1, -0.05) is 124 Å². The summed E-state index contributed by atoms with van der Waals surface area (Å²) in [4.78, 5) is 0. The predicted molar refractivity (Wildman–Crippen MR) is 119 cm³/mol. The summed E-state index contributed by atoms with van der Waals surface area (Å²) in [7, 11) is -2.47. The molecule has 0 aliphatic heterocycles. The van der Waals surface area contributed by atoms with Gasteiger partial charge in [0.05, 0.1) is 6.61 Å². The van der Waals surface area contributed by atoms with Gasteiger partial charge in [0.15, 0.2) is 0 Å². The van der Waals surface area contributed by atoms with Crippen molar-refractivity contribution >= 4 is 7.37 Å². The van der Waals surface area contributed by atoms with Crippen molar-refractivity contribution in [2.24, 2.45) is 0 Å². The Labute approximate surface area is 165 Å². The maximum absolute atomic E-state index is 12.4. The van der Waals surface area contributed by atoms with Gasteiger partial charge in [0.2, 0.25) is 7.37 Å². The number of rotatable bonds is 18. The summed E-state index contributed by atoms with van der Waals surface area (Å²) in [5.41, 5.74) is 0. The first-order valence-corrected chi connectivity index (χ1v) is 13.6. The molecule has 1 atom stereocenters. The van der Waals surface area contributed by atoms with Gasteiger partial charge in [-0.05, 0) is 6.42 Å². The third kappa shape index (κ3) is 15.3. The van der Waals surface area contributed by atoms with Crippen molar-refractivity contribution in [2.45, 2.75) is 136 Å². The van der Waals surface area contributed by atoms with Crippen molar-refractivity contribution in [1.82, 2.24) is 0 Å². The van der Waals surface area contributed by atoms with Crippen LogP contribution < -0.4 is 0 Å². The minimum absolute atomic E-state index is 0.234. The molecule has 0 spiro atoms. The average molecular weight is 389 g/mol. The summed E-state index contributed by atoms with van der Waals surface area (Å²) in [5.74, 6) is 0. The number of hydrogen-bond donors (Lipinski definition) is 0. The Hall–Kier alpha value is 0.190. The highest BCUT2D eigenvalue weighted by Gasteiger charge is 2.32. The molecule has 0 radical (unpaired) electrons. The van der Waals surface area contributed by atoms with Crippen LogP contribution in [0.25, 0.3) is 0 Å². The van der Waals surface area contributed by atoms with Crippen molar-refractivity contribution in [1.29, 1.82) is 0 Å². The van der Waals surface area contributed by atoms with Gasteiger partial charge in [0, 0.05) is 11.8 Å². The van der Waals surface area contributed by atoms with Crippen LogP contribution in [0.3, 0.4) is 0 Å². The fourth-order valence-corrected chi connectivity index (χ4v) is 3.95. The molecule has 0 rings (SSSR count). The lowest BCUT2D eigenvalue weighted by atomic mass is 10.0. The van der Waals surface area contributed by atoms with E-state index >= 15 is 0 Å². The van der Waals surface area contributed by atoms with Crippen molar-refractivity contribution in [3.05, 3.63) is 0 Å². The minimum atomic E-state index is -2.47. The lowest BCUT2D eigenvalue weighted by Gasteiger charge is -2.27. The molecule has 0 aliphatic carbocycles. The molecule has 0 saturated heterocycles. The molecule has 0 aromatic rings. The quantitative estimate of drug-likeness (QED) is 0.173. The fourth-order valence-electron chi connectivity index (χ4n) is 3.08. The molecule has 0 bridgehead atoms. The molecule has 26 heavy (non-hydrogen) atoms. The Balaban J connectivity index is 3.22. The van der Waals surface area contributed by atoms with E-state index in [9.17, 15) is 4.57 Å². The minimum Gasteiger partial charge on any atom is -0.328 e. The zero-order chi connectivity index (χ0) is 19.7. The van der Waals surface area contributed by atoms with E-state index in [2.05, 4.69) is 6.92 Å². The maximum atomic E-state index is 12.4. The second-order valence-corrected chi connectivity index (χ2v) is 12.4. The van der Waals surface area contributed by atoms with Crippen LogP contribution in [0.2, 0.25) is 0 Å². The molecular weight excluding hydrogens is 339 g/mol. The summed E-state index contributed by atoms with van der Waals surface area (Å²) in [6, 6.07) is 0. The number of hydrogen-bond acceptors (Lipinski definition) is 2. The third-order valence-corrected chi connectivity index (χ3v) is 8.67. The van der Waals surface area contributed by atoms with Crippen LogP contribution in [0.5, 0.6) is 0 Å². The van der Waals surface area contributed by atoms with Crippen LogP contribution in [-0.2, 0) is 9.09 Å². The van der Waals surface area contributed by atoms with E-state index in [0.29, 0.717) is 6.61 Å². The van der Waals surface area contributed by atoms with Crippen LogP contribution in [0.1, 0.15) is 130 Å². The molecular formula is C23H49O2P. The fraction of sp³-hybridized carbons (Fsp3) is 1.00. The lowest BCUT2D eigenvalue weighted by molar-refractivity contribution is 0.292. The SMILES string of the molecule is CCCCCCCCCCCCCCCCCCOP(C)(=O)C(C)(C)C. The summed E-state index contributed by atoms with van der Waals surface area (Å²) in [6.45, 7) is 10.7. The molecule has 3 heteroatoms. The topological polar surface area (TPSA) is 26.3 Å². The van der Waals surface area contributed by atoms with E-state index in [0.717, 1.165) is 6.42 Å². The van der Waals surface area contributed by atoms with Gasteiger partial charge in [-0.2, -0.15) is 0 Å². The molecule has 1 unspecified atom stereocenters. The lowest BCUT2D eigenvalue weighted by Crippen LogP contribution is -2.16. The van der Waals surface area contributed by atoms with Gasteiger partial charge < -0.3 is 4.52 Å². The second-order valence-electron chi connectivity index (χ2n) is 9.15. The van der Waals surface area contributed by atoms with Gasteiger partial charge in [-0.15, -0.1) is 0 Å². The van der Waals surface area contributed by atoms with Crippen molar-refractivity contribution in [2.75, 3.05) is 13.3 Å². The average Bonchev–Trinajstić information content (AvgIpc) is 2.56. The zero-order valence-electron chi connectivity index (χ0n) is 18.8. The van der Waals surface area contributed by atoms with E-state index < -0.39 is 7.37 Å². The van der Waals surface area contributed by atoms with E-state index in [-0.39, 0.29) is 5.16 Å². The summed E-state index contributed by atoms with van der Waals surface area (Å²) < 4.78 is 18.0. The van der Waals surface area contributed by atoms with Gasteiger partial charge in [-0.3, -0.25) is 4.57 Å². The molecule has 0 heterocycles. The Morgan fingerprint density at radius 1 is 0.615 bits per heavy atom. The molecule has 2 nitrogen and oxygen atoms in total. The maximum Gasteiger partial charge on any atom is 0.205 e. The summed E-state index contributed by atoms with van der Waals surface area (Å²) in [6.07, 6.45) is 22.0. The first-order valence-electron chi connectivity index (χ1n) is 11.5. The molecule has 158 valence electrons. The van der Waals surface area contributed by atoms with Crippen LogP contribution >= 0.6 is 7.37 Å². The smallest absolute Gasteiger partial charge is 0.205 e. The monoisotopic (exact) mass is 388 g/mol. The largest absolute Gasteiger partial charge is 0.328 e. The first kappa shape index (κ1) is 26.2. The molecule has 0 fully saturated rings. The highest BCUT2D eigenvalue weighted by Crippen LogP contribution is 2.55. The predicted octanol–water partition coefficient (Wildman–Crippen LogP) is 8.97. The van der Waals surface area contributed by atoms with E-state index in [1.54, 1.807) is 6.66 Å². The highest BCUT2D eigenvalue weighted by atomic mass is 31.2. The Kier molecular flexibility index (Phi) is 16.3. The first-order chi connectivity index (χ1) is 12.3. The molecule has 0 aromatic heterocycles. The van der Waals surface area contributed by atoms with Crippen LogP contribution in [0.15, 0.2) is 0 Å². The van der Waals surface area contributed by atoms with Crippen molar-refractivity contribution < 1.29 is 9.09 Å². The Morgan fingerprint density at radius 3 is 1.23 bits per heavy atom. The summed E-state index contributed by atoms with van der Waals surface area (Å²) >= 11 is 0. The highest BCUT2D eigenvalue weighted by molar-refractivity contribution is 7.59. The van der Waals surface area contributed by atoms with Gasteiger partial charge in [0.1, 0.15) is 0 Å². The van der Waals surface area contributed by atoms with Crippen molar-refractivity contribution in [3.8, 4) is 0 Å². The number of unbranched alkanes of at least 4 members (excludes halogenated alkanes) is 15. The Bertz CT molecular complexity index is 347. The van der Waals surface area contributed by atoms with Gasteiger partial charge in [0.25, 0.3) is 0 Å². The van der Waals surface area contributed by atoms with Crippen LogP contribution in [-0.4, -0.2) is 18.4 Å². The molecule has 0 aromatic carbocycles. The normalized spacial score (nSPS) is 14.5. The van der Waals surface area contributed by atoms with E-state index in [1.165, 1.54) is 96.3 Å². The standard InChI is InChI=1S/C23H49O2P/c1-6-7-8-9-10-11-12-13-14-15-16-17-18-19-20-21-22-25-26(5,24)23(2,3)4/h6-22H2,1-5H3. The summed E-state index contributed by atoms with van der Waals surface area (Å²) in [5, 5.41) is -0.234. The molecule has 0 N–H and O–H groups in total. The second kappa shape index (κ2) is 16.2. The van der Waals surface area contributed by atoms with Crippen LogP contribution in [0.4, 0.5) is 0 Å².